The van der Waals surface area contributed by atoms with E-state index in [1.807, 2.05) is 12.1 Å². The van der Waals surface area contributed by atoms with Crippen molar-refractivity contribution in [3.05, 3.63) is 176 Å². The highest BCUT2D eigenvalue weighted by atomic mass is 16.5. The number of aromatic nitrogens is 2. The van der Waals surface area contributed by atoms with E-state index in [2.05, 4.69) is 173 Å². The fourth-order valence-corrected chi connectivity index (χ4v) is 8.88. The van der Waals surface area contributed by atoms with E-state index in [0.717, 1.165) is 61.8 Å². The smallest absolute Gasteiger partial charge is 0.434 e. The average molecular weight is 677 g/mol. The molecule has 0 spiro atoms. The van der Waals surface area contributed by atoms with Crippen molar-refractivity contribution in [2.75, 3.05) is 0 Å². The van der Waals surface area contributed by atoms with Crippen LogP contribution in [0.15, 0.2) is 176 Å². The van der Waals surface area contributed by atoms with Gasteiger partial charge in [0.25, 0.3) is 0 Å². The first-order valence-electron chi connectivity index (χ1n) is 18.1. The van der Waals surface area contributed by atoms with Gasteiger partial charge in [-0.1, -0.05) is 103 Å². The van der Waals surface area contributed by atoms with Gasteiger partial charge in [0, 0.05) is 49.4 Å². The summed E-state index contributed by atoms with van der Waals surface area (Å²) in [6.45, 7) is -0.269. The lowest BCUT2D eigenvalue weighted by Crippen LogP contribution is -2.53. The second-order valence-corrected chi connectivity index (χ2v) is 14.0. The first-order chi connectivity index (χ1) is 26.3. The zero-order valence-corrected chi connectivity index (χ0v) is 28.5. The monoisotopic (exact) mass is 676 g/mol. The van der Waals surface area contributed by atoms with Crippen LogP contribution < -0.4 is 20.3 Å². The minimum atomic E-state index is -0.269. The molecule has 2 aliphatic heterocycles. The maximum absolute atomic E-state index is 6.92. The Bertz CT molecular complexity index is 3050. The predicted molar refractivity (Wildman–Crippen MR) is 218 cm³/mol. The Labute approximate surface area is 305 Å². The zero-order valence-electron chi connectivity index (χ0n) is 28.5. The number of hydrogen-bond donors (Lipinski definition) is 0. The maximum atomic E-state index is 6.92. The Morgan fingerprint density at radius 1 is 0.377 bits per heavy atom. The average Bonchev–Trinajstić information content (AvgIpc) is 3.74. The van der Waals surface area contributed by atoms with Crippen LogP contribution in [-0.2, 0) is 0 Å². The van der Waals surface area contributed by atoms with E-state index in [9.17, 15) is 0 Å². The lowest BCUT2D eigenvalue weighted by molar-refractivity contribution is 0.479. The standard InChI is InChI=1S/C48H29BN2O2/c1-6-19-41-34(14-1)35-15-2-7-20-42(35)50(41)32-13-11-12-30(26-32)31-27-39-38-29-33(51-43-21-8-3-16-36(43)37-17-4-9-22-44(37)51)24-25-45(38)53-49-40-18-5-10-23-46(40)52-47(28-31)48(39)49/h1-29H. The molecule has 2 aliphatic rings. The van der Waals surface area contributed by atoms with Gasteiger partial charge < -0.3 is 18.5 Å². The van der Waals surface area contributed by atoms with Gasteiger partial charge in [0.2, 0.25) is 0 Å². The van der Waals surface area contributed by atoms with Crippen molar-refractivity contribution < 1.29 is 9.39 Å². The summed E-state index contributed by atoms with van der Waals surface area (Å²) in [5, 5.41) is 4.98. The number of ether oxygens (including phenoxy) is 1. The Balaban J connectivity index is 1.08. The molecule has 0 saturated heterocycles. The molecule has 5 heteroatoms. The Morgan fingerprint density at radius 3 is 1.58 bits per heavy atom. The summed E-state index contributed by atoms with van der Waals surface area (Å²) in [7, 11) is 0. The molecular formula is C48H29BN2O2. The summed E-state index contributed by atoms with van der Waals surface area (Å²) in [4.78, 5) is 0. The fourth-order valence-electron chi connectivity index (χ4n) is 8.88. The van der Waals surface area contributed by atoms with E-state index in [1.54, 1.807) is 0 Å². The first-order valence-corrected chi connectivity index (χ1v) is 18.1. The summed E-state index contributed by atoms with van der Waals surface area (Å²) in [5.74, 6) is 2.53. The molecule has 246 valence electrons. The van der Waals surface area contributed by atoms with E-state index in [-0.39, 0.29) is 6.92 Å². The summed E-state index contributed by atoms with van der Waals surface area (Å²) in [6.07, 6.45) is 0. The van der Waals surface area contributed by atoms with Gasteiger partial charge in [-0.3, -0.25) is 0 Å². The van der Waals surface area contributed by atoms with E-state index in [4.69, 9.17) is 9.39 Å². The van der Waals surface area contributed by atoms with Gasteiger partial charge in [-0.2, -0.15) is 0 Å². The van der Waals surface area contributed by atoms with Crippen molar-refractivity contribution in [1.29, 1.82) is 0 Å². The third kappa shape index (κ3) is 4.07. The van der Waals surface area contributed by atoms with Crippen LogP contribution >= 0.6 is 0 Å². The molecule has 4 heterocycles. The van der Waals surface area contributed by atoms with E-state index in [0.29, 0.717) is 0 Å². The van der Waals surface area contributed by atoms with E-state index in [1.165, 1.54) is 43.6 Å². The number of fused-ring (bicyclic) bond motifs is 10. The molecule has 12 rings (SSSR count). The van der Waals surface area contributed by atoms with Crippen molar-refractivity contribution in [3.63, 3.8) is 0 Å². The molecule has 0 unspecified atom stereocenters. The molecule has 53 heavy (non-hydrogen) atoms. The second-order valence-electron chi connectivity index (χ2n) is 14.0. The molecule has 0 saturated carbocycles. The summed E-state index contributed by atoms with van der Waals surface area (Å²) < 4.78 is 18.4. The van der Waals surface area contributed by atoms with Crippen LogP contribution in [0.3, 0.4) is 0 Å². The van der Waals surface area contributed by atoms with E-state index < -0.39 is 0 Å². The van der Waals surface area contributed by atoms with Crippen molar-refractivity contribution in [2.24, 2.45) is 0 Å². The maximum Gasteiger partial charge on any atom is 0.434 e. The van der Waals surface area contributed by atoms with Gasteiger partial charge in [-0.25, -0.2) is 0 Å². The highest BCUT2D eigenvalue weighted by Gasteiger charge is 2.41. The largest absolute Gasteiger partial charge is 0.551 e. The third-order valence-corrected chi connectivity index (χ3v) is 11.2. The van der Waals surface area contributed by atoms with Crippen molar-refractivity contribution in [3.8, 4) is 50.9 Å². The van der Waals surface area contributed by atoms with Crippen LogP contribution in [0, 0.1) is 0 Å². The van der Waals surface area contributed by atoms with Gasteiger partial charge in [0.1, 0.15) is 17.2 Å². The fraction of sp³-hybridized carbons (Fsp3) is 0. The molecule has 0 bridgehead atoms. The molecule has 0 radical (unpaired) electrons. The Morgan fingerprint density at radius 2 is 0.943 bits per heavy atom. The molecular weight excluding hydrogens is 647 g/mol. The number of para-hydroxylation sites is 5. The highest BCUT2D eigenvalue weighted by Crippen LogP contribution is 2.44. The van der Waals surface area contributed by atoms with Crippen molar-refractivity contribution in [1.82, 2.24) is 9.13 Å². The quantitative estimate of drug-likeness (QED) is 0.174. The molecule has 0 aliphatic carbocycles. The molecule has 0 amide bonds. The first kappa shape index (κ1) is 28.7. The molecule has 8 aromatic carbocycles. The number of benzene rings is 8. The topological polar surface area (TPSA) is 28.3 Å². The zero-order chi connectivity index (χ0) is 34.6. The molecule has 0 N–H and O–H groups in total. The second kappa shape index (κ2) is 10.8. The molecule has 0 fully saturated rings. The van der Waals surface area contributed by atoms with Crippen LogP contribution in [0.2, 0.25) is 0 Å². The third-order valence-electron chi connectivity index (χ3n) is 11.2. The van der Waals surface area contributed by atoms with Crippen molar-refractivity contribution >= 4 is 61.5 Å². The molecule has 0 atom stereocenters. The molecule has 10 aromatic rings. The number of hydrogen-bond acceptors (Lipinski definition) is 2. The molecule has 2 aromatic heterocycles. The van der Waals surface area contributed by atoms with Gasteiger partial charge in [0.05, 0.1) is 22.1 Å². The Hall–Kier alpha value is -6.98. The van der Waals surface area contributed by atoms with Crippen LogP contribution in [0.5, 0.6) is 17.2 Å². The highest BCUT2D eigenvalue weighted by molar-refractivity contribution is 6.84. The summed E-state index contributed by atoms with van der Waals surface area (Å²) in [6, 6.07) is 62.9. The lowest BCUT2D eigenvalue weighted by Gasteiger charge is -2.33. The lowest BCUT2D eigenvalue weighted by atomic mass is 9.50. The van der Waals surface area contributed by atoms with Gasteiger partial charge in [-0.05, 0) is 89.5 Å². The number of nitrogens with zero attached hydrogens (tertiary/aromatic N) is 2. The summed E-state index contributed by atoms with van der Waals surface area (Å²) in [5.41, 5.74) is 13.5. The van der Waals surface area contributed by atoms with Crippen LogP contribution in [0.25, 0.3) is 77.2 Å². The van der Waals surface area contributed by atoms with Crippen LogP contribution in [0.4, 0.5) is 0 Å². The Kier molecular flexibility index (Phi) is 5.83. The van der Waals surface area contributed by atoms with Crippen LogP contribution in [0.1, 0.15) is 0 Å². The summed E-state index contributed by atoms with van der Waals surface area (Å²) >= 11 is 0. The normalized spacial score (nSPS) is 12.8. The SMILES string of the molecule is c1cc(-c2cc3c4c(c2)-c2cc(-n5c6ccccc6c6ccccc65)ccc2OB4c2ccccc2O3)cc(-n2c3ccccc3c3ccccc32)c1. The van der Waals surface area contributed by atoms with E-state index >= 15 is 0 Å². The van der Waals surface area contributed by atoms with Gasteiger partial charge in [0.15, 0.2) is 0 Å². The van der Waals surface area contributed by atoms with Crippen molar-refractivity contribution in [2.45, 2.75) is 0 Å². The van der Waals surface area contributed by atoms with Gasteiger partial charge >= 0.3 is 6.92 Å². The number of rotatable bonds is 3. The predicted octanol–water partition coefficient (Wildman–Crippen LogP) is 10.8. The van der Waals surface area contributed by atoms with Gasteiger partial charge in [-0.15, -0.1) is 0 Å². The van der Waals surface area contributed by atoms with Crippen LogP contribution in [-0.4, -0.2) is 16.0 Å². The molecule has 4 nitrogen and oxygen atoms in total. The minimum absolute atomic E-state index is 0.269. The minimum Gasteiger partial charge on any atom is -0.551 e.